The number of ether oxygens (including phenoxy) is 1. The van der Waals surface area contributed by atoms with Gasteiger partial charge in [0.2, 0.25) is 0 Å². The molecule has 1 aromatic rings. The molecule has 1 aliphatic heterocycles. The number of aliphatic carboxylic acids is 1. The van der Waals surface area contributed by atoms with Crippen molar-refractivity contribution in [1.29, 1.82) is 0 Å². The molecular formula is C16H24N2O3. The molecule has 0 aromatic heterocycles. The van der Waals surface area contributed by atoms with Crippen molar-refractivity contribution in [2.24, 2.45) is 0 Å². The molecular weight excluding hydrogens is 268 g/mol. The van der Waals surface area contributed by atoms with E-state index in [0.717, 1.165) is 37.5 Å². The Labute approximate surface area is 126 Å². The van der Waals surface area contributed by atoms with Crippen LogP contribution >= 0.6 is 0 Å². The molecule has 0 spiro atoms. The number of likely N-dealkylation sites (N-methyl/N-ethyl adjacent to an activating group) is 1. The zero-order chi connectivity index (χ0) is 15.2. The van der Waals surface area contributed by atoms with E-state index in [-0.39, 0.29) is 12.5 Å². The van der Waals surface area contributed by atoms with Crippen LogP contribution in [-0.2, 0) is 4.79 Å². The van der Waals surface area contributed by atoms with E-state index in [0.29, 0.717) is 6.61 Å². The molecule has 116 valence electrons. The van der Waals surface area contributed by atoms with Crippen LogP contribution in [0.15, 0.2) is 24.3 Å². The summed E-state index contributed by atoms with van der Waals surface area (Å²) in [6, 6.07) is 7.72. The van der Waals surface area contributed by atoms with Crippen molar-refractivity contribution in [2.45, 2.75) is 19.4 Å². The van der Waals surface area contributed by atoms with Gasteiger partial charge >= 0.3 is 5.97 Å². The highest BCUT2D eigenvalue weighted by Gasteiger charge is 2.26. The summed E-state index contributed by atoms with van der Waals surface area (Å²) < 4.78 is 5.53. The van der Waals surface area contributed by atoms with Gasteiger partial charge < -0.3 is 14.7 Å². The fourth-order valence-corrected chi connectivity index (χ4v) is 2.74. The van der Waals surface area contributed by atoms with Crippen LogP contribution in [0, 0.1) is 0 Å². The van der Waals surface area contributed by atoms with E-state index < -0.39 is 5.97 Å². The lowest BCUT2D eigenvalue weighted by Crippen LogP contribution is -2.46. The topological polar surface area (TPSA) is 53.0 Å². The Morgan fingerprint density at radius 3 is 2.67 bits per heavy atom. The number of carboxylic acid groups (broad SMARTS) is 1. The predicted molar refractivity (Wildman–Crippen MR) is 81.7 cm³/mol. The lowest BCUT2D eigenvalue weighted by Gasteiger charge is -2.37. The molecule has 1 unspecified atom stereocenters. The minimum Gasteiger partial charge on any atom is -0.494 e. The Morgan fingerprint density at radius 2 is 2.05 bits per heavy atom. The van der Waals surface area contributed by atoms with Gasteiger partial charge in [0.1, 0.15) is 5.75 Å². The van der Waals surface area contributed by atoms with E-state index >= 15 is 0 Å². The molecule has 5 nitrogen and oxygen atoms in total. The first-order chi connectivity index (χ1) is 10.1. The Bertz CT molecular complexity index is 470. The summed E-state index contributed by atoms with van der Waals surface area (Å²) >= 11 is 0. The Hall–Kier alpha value is -1.59. The molecule has 0 aliphatic carbocycles. The summed E-state index contributed by atoms with van der Waals surface area (Å²) in [5, 5.41) is 9.23. The fraction of sp³-hybridized carbons (Fsp3) is 0.562. The van der Waals surface area contributed by atoms with Crippen LogP contribution in [-0.4, -0.2) is 60.7 Å². The van der Waals surface area contributed by atoms with Gasteiger partial charge in [-0.25, -0.2) is 0 Å². The Morgan fingerprint density at radius 1 is 1.33 bits per heavy atom. The zero-order valence-electron chi connectivity index (χ0n) is 12.8. The third-order valence-corrected chi connectivity index (χ3v) is 3.90. The van der Waals surface area contributed by atoms with Crippen molar-refractivity contribution in [1.82, 2.24) is 9.80 Å². The van der Waals surface area contributed by atoms with Crippen molar-refractivity contribution < 1.29 is 14.6 Å². The van der Waals surface area contributed by atoms with Gasteiger partial charge in [-0.3, -0.25) is 9.69 Å². The summed E-state index contributed by atoms with van der Waals surface area (Å²) in [6.45, 7) is 6.30. The van der Waals surface area contributed by atoms with Crippen LogP contribution in [0.25, 0.3) is 0 Å². The van der Waals surface area contributed by atoms with E-state index in [2.05, 4.69) is 16.8 Å². The molecule has 0 amide bonds. The average Bonchev–Trinajstić information content (AvgIpc) is 2.46. The van der Waals surface area contributed by atoms with Gasteiger partial charge in [0.15, 0.2) is 0 Å². The van der Waals surface area contributed by atoms with Gasteiger partial charge in [-0.15, -0.1) is 0 Å². The zero-order valence-corrected chi connectivity index (χ0v) is 12.8. The van der Waals surface area contributed by atoms with Crippen molar-refractivity contribution in [2.75, 3.05) is 39.8 Å². The predicted octanol–water partition coefficient (Wildman–Crippen LogP) is 1.85. The first-order valence-electron chi connectivity index (χ1n) is 7.47. The molecule has 1 atom stereocenters. The molecule has 1 saturated heterocycles. The second-order valence-electron chi connectivity index (χ2n) is 5.46. The molecule has 1 aromatic carbocycles. The highest BCUT2D eigenvalue weighted by atomic mass is 16.5. The smallest absolute Gasteiger partial charge is 0.305 e. The Balaban J connectivity index is 2.18. The van der Waals surface area contributed by atoms with Gasteiger partial charge in [0.25, 0.3) is 0 Å². The summed E-state index contributed by atoms with van der Waals surface area (Å²) in [5.74, 6) is 0.0419. The number of rotatable bonds is 6. The van der Waals surface area contributed by atoms with Crippen LogP contribution < -0.4 is 4.74 Å². The monoisotopic (exact) mass is 292 g/mol. The standard InChI is InChI=1S/C16H24N2O3/c1-3-21-14-6-4-5-13(11-14)15(12-16(19)20)18-9-7-17(2)8-10-18/h4-6,11,15H,3,7-10,12H2,1-2H3,(H,19,20). The minimum absolute atomic E-state index is 0.0865. The molecule has 21 heavy (non-hydrogen) atoms. The highest BCUT2D eigenvalue weighted by Crippen LogP contribution is 2.28. The normalized spacial score (nSPS) is 18.4. The van der Waals surface area contributed by atoms with Crippen molar-refractivity contribution in [3.63, 3.8) is 0 Å². The number of benzene rings is 1. The van der Waals surface area contributed by atoms with Crippen molar-refractivity contribution in [3.05, 3.63) is 29.8 Å². The van der Waals surface area contributed by atoms with Gasteiger partial charge in [0, 0.05) is 32.2 Å². The summed E-state index contributed by atoms with van der Waals surface area (Å²) in [4.78, 5) is 15.8. The van der Waals surface area contributed by atoms with Crippen molar-refractivity contribution >= 4 is 5.97 Å². The SMILES string of the molecule is CCOc1cccc(C(CC(=O)O)N2CCN(C)CC2)c1. The maximum Gasteiger partial charge on any atom is 0.305 e. The van der Waals surface area contributed by atoms with Gasteiger partial charge in [-0.2, -0.15) is 0 Å². The van der Waals surface area contributed by atoms with Gasteiger partial charge in [0.05, 0.1) is 13.0 Å². The molecule has 0 bridgehead atoms. The molecule has 1 heterocycles. The summed E-state index contributed by atoms with van der Waals surface area (Å²) in [6.07, 6.45) is 0.124. The summed E-state index contributed by atoms with van der Waals surface area (Å²) in [7, 11) is 2.10. The van der Waals surface area contributed by atoms with Crippen LogP contribution in [0.4, 0.5) is 0 Å². The Kier molecular flexibility index (Phi) is 5.59. The van der Waals surface area contributed by atoms with Crippen molar-refractivity contribution in [3.8, 4) is 5.75 Å². The van der Waals surface area contributed by atoms with E-state index in [4.69, 9.17) is 4.74 Å². The lowest BCUT2D eigenvalue weighted by molar-refractivity contribution is -0.138. The van der Waals surface area contributed by atoms with E-state index in [1.807, 2.05) is 31.2 Å². The van der Waals surface area contributed by atoms with E-state index in [9.17, 15) is 9.90 Å². The van der Waals surface area contributed by atoms with Crippen LogP contribution in [0.5, 0.6) is 5.75 Å². The van der Waals surface area contributed by atoms with Gasteiger partial charge in [-0.1, -0.05) is 12.1 Å². The molecule has 1 aliphatic rings. The fourth-order valence-electron chi connectivity index (χ4n) is 2.74. The van der Waals surface area contributed by atoms with E-state index in [1.165, 1.54) is 0 Å². The second kappa shape index (κ2) is 7.43. The number of carbonyl (C=O) groups is 1. The summed E-state index contributed by atoms with van der Waals surface area (Å²) in [5.41, 5.74) is 1.02. The average molecular weight is 292 g/mol. The molecule has 1 N–H and O–H groups in total. The largest absolute Gasteiger partial charge is 0.494 e. The van der Waals surface area contributed by atoms with Gasteiger partial charge in [-0.05, 0) is 31.7 Å². The van der Waals surface area contributed by atoms with Crippen LogP contribution in [0.2, 0.25) is 0 Å². The van der Waals surface area contributed by atoms with E-state index in [1.54, 1.807) is 0 Å². The second-order valence-corrected chi connectivity index (χ2v) is 5.46. The third kappa shape index (κ3) is 4.44. The highest BCUT2D eigenvalue weighted by molar-refractivity contribution is 5.68. The first kappa shape index (κ1) is 15.8. The first-order valence-corrected chi connectivity index (χ1v) is 7.47. The lowest BCUT2D eigenvalue weighted by atomic mass is 10.0. The number of piperazine rings is 1. The molecule has 0 radical (unpaired) electrons. The minimum atomic E-state index is -0.763. The molecule has 1 fully saturated rings. The number of hydrogen-bond acceptors (Lipinski definition) is 4. The quantitative estimate of drug-likeness (QED) is 0.867. The van der Waals surface area contributed by atoms with Crippen LogP contribution in [0.3, 0.4) is 0 Å². The molecule has 5 heteroatoms. The number of carboxylic acids is 1. The van der Waals surface area contributed by atoms with Crippen LogP contribution in [0.1, 0.15) is 24.9 Å². The third-order valence-electron chi connectivity index (χ3n) is 3.90. The maximum atomic E-state index is 11.2. The number of nitrogens with zero attached hydrogens (tertiary/aromatic N) is 2. The molecule has 2 rings (SSSR count). The number of hydrogen-bond donors (Lipinski definition) is 1. The molecule has 0 saturated carbocycles. The maximum absolute atomic E-state index is 11.2.